The van der Waals surface area contributed by atoms with Gasteiger partial charge in [-0.1, -0.05) is 12.8 Å². The van der Waals surface area contributed by atoms with Crippen molar-refractivity contribution in [3.8, 4) is 0 Å². The molecule has 0 radical (unpaired) electrons. The van der Waals surface area contributed by atoms with Crippen molar-refractivity contribution in [3.63, 3.8) is 0 Å². The van der Waals surface area contributed by atoms with E-state index in [1.807, 2.05) is 9.47 Å². The van der Waals surface area contributed by atoms with Gasteiger partial charge in [0, 0.05) is 51.6 Å². The molecule has 4 rings (SSSR count). The van der Waals surface area contributed by atoms with Gasteiger partial charge in [-0.05, 0) is 25.7 Å². The Bertz CT molecular complexity index is 665. The van der Waals surface area contributed by atoms with E-state index in [0.717, 1.165) is 77.2 Å². The average Bonchev–Trinajstić information content (AvgIpc) is 3.29. The van der Waals surface area contributed by atoms with Crippen LogP contribution in [0.2, 0.25) is 0 Å². The second-order valence-corrected chi connectivity index (χ2v) is 7.68. The van der Waals surface area contributed by atoms with E-state index in [2.05, 4.69) is 10.00 Å². The lowest BCUT2D eigenvalue weighted by Gasteiger charge is -2.35. The highest BCUT2D eigenvalue weighted by Crippen LogP contribution is 2.26. The summed E-state index contributed by atoms with van der Waals surface area (Å²) < 4.78 is 3.47. The normalized spacial score (nSPS) is 22.3. The van der Waals surface area contributed by atoms with Gasteiger partial charge in [-0.2, -0.15) is 5.10 Å². The van der Waals surface area contributed by atoms with Crippen molar-refractivity contribution < 1.29 is 4.79 Å². The molecule has 3 heterocycles. The maximum Gasteiger partial charge on any atom is 0.345 e. The third-order valence-corrected chi connectivity index (χ3v) is 6.05. The molecule has 0 atom stereocenters. The summed E-state index contributed by atoms with van der Waals surface area (Å²) in [6.07, 6.45) is 7.70. The quantitative estimate of drug-likeness (QED) is 0.805. The first-order valence-electron chi connectivity index (χ1n) is 9.90. The van der Waals surface area contributed by atoms with Crippen LogP contribution in [0.15, 0.2) is 4.79 Å². The van der Waals surface area contributed by atoms with Gasteiger partial charge < -0.3 is 4.90 Å². The first kappa shape index (κ1) is 16.8. The van der Waals surface area contributed by atoms with E-state index in [9.17, 15) is 9.59 Å². The maximum absolute atomic E-state index is 12.5. The Labute approximate surface area is 148 Å². The summed E-state index contributed by atoms with van der Waals surface area (Å²) in [5.41, 5.74) is 0.0461. The van der Waals surface area contributed by atoms with Gasteiger partial charge in [-0.15, -0.1) is 0 Å². The molecule has 1 aromatic rings. The predicted octanol–water partition coefficient (Wildman–Crippen LogP) is 0.716. The van der Waals surface area contributed by atoms with Crippen molar-refractivity contribution in [2.24, 2.45) is 5.92 Å². The van der Waals surface area contributed by atoms with E-state index in [-0.39, 0.29) is 11.6 Å². The van der Waals surface area contributed by atoms with E-state index < -0.39 is 0 Å². The van der Waals surface area contributed by atoms with Crippen molar-refractivity contribution >= 4 is 5.91 Å². The molecule has 25 heavy (non-hydrogen) atoms. The lowest BCUT2D eigenvalue weighted by atomic mass is 10.1. The van der Waals surface area contributed by atoms with Crippen LogP contribution in [0.4, 0.5) is 0 Å². The highest BCUT2D eigenvalue weighted by atomic mass is 16.2. The zero-order valence-electron chi connectivity index (χ0n) is 15.0. The topological polar surface area (TPSA) is 63.4 Å². The SMILES string of the molecule is O=C(C1CCCC1)N1CCN(CCn2nc3n(c2=O)CCCC3)CC1. The Balaban J connectivity index is 1.27. The third-order valence-electron chi connectivity index (χ3n) is 6.05. The van der Waals surface area contributed by atoms with Gasteiger partial charge >= 0.3 is 5.69 Å². The fraction of sp³-hybridized carbons (Fsp3) is 0.833. The van der Waals surface area contributed by atoms with Crippen molar-refractivity contribution in [2.45, 2.75) is 58.0 Å². The number of nitrogens with zero attached hydrogens (tertiary/aromatic N) is 5. The molecule has 0 N–H and O–H groups in total. The van der Waals surface area contributed by atoms with Crippen LogP contribution >= 0.6 is 0 Å². The van der Waals surface area contributed by atoms with E-state index in [1.165, 1.54) is 12.8 Å². The largest absolute Gasteiger partial charge is 0.345 e. The highest BCUT2D eigenvalue weighted by Gasteiger charge is 2.29. The number of carbonyl (C=O) groups excluding carboxylic acids is 1. The number of hydrogen-bond donors (Lipinski definition) is 0. The van der Waals surface area contributed by atoms with Crippen molar-refractivity contribution in [2.75, 3.05) is 32.7 Å². The molecule has 1 aromatic heterocycles. The molecule has 1 saturated heterocycles. The predicted molar refractivity (Wildman–Crippen MR) is 94.4 cm³/mol. The Morgan fingerprint density at radius 3 is 2.44 bits per heavy atom. The van der Waals surface area contributed by atoms with Crippen LogP contribution in [0, 0.1) is 5.92 Å². The van der Waals surface area contributed by atoms with Gasteiger partial charge in [0.25, 0.3) is 0 Å². The minimum absolute atomic E-state index is 0.0461. The first-order chi connectivity index (χ1) is 12.2. The molecule has 0 unspecified atom stereocenters. The van der Waals surface area contributed by atoms with Crippen LogP contribution in [0.1, 0.15) is 44.3 Å². The van der Waals surface area contributed by atoms with Gasteiger partial charge in [-0.3, -0.25) is 14.3 Å². The minimum Gasteiger partial charge on any atom is -0.340 e. The summed E-state index contributed by atoms with van der Waals surface area (Å²) in [5.74, 6) is 1.60. The Morgan fingerprint density at radius 2 is 1.72 bits per heavy atom. The van der Waals surface area contributed by atoms with Crippen LogP contribution in [0.5, 0.6) is 0 Å². The summed E-state index contributed by atoms with van der Waals surface area (Å²) in [7, 11) is 0. The minimum atomic E-state index is 0.0461. The number of piperazine rings is 1. The van der Waals surface area contributed by atoms with Crippen molar-refractivity contribution in [3.05, 3.63) is 16.3 Å². The third kappa shape index (κ3) is 3.52. The van der Waals surface area contributed by atoms with Gasteiger partial charge in [0.15, 0.2) is 0 Å². The van der Waals surface area contributed by atoms with Gasteiger partial charge in [-0.25, -0.2) is 9.48 Å². The zero-order valence-corrected chi connectivity index (χ0v) is 15.0. The van der Waals surface area contributed by atoms with Crippen LogP contribution in [0.25, 0.3) is 0 Å². The number of fused-ring (bicyclic) bond motifs is 1. The summed E-state index contributed by atoms with van der Waals surface area (Å²) >= 11 is 0. The maximum atomic E-state index is 12.5. The van der Waals surface area contributed by atoms with E-state index >= 15 is 0 Å². The molecule has 1 amide bonds. The van der Waals surface area contributed by atoms with Gasteiger partial charge in [0.2, 0.25) is 5.91 Å². The average molecular weight is 347 g/mol. The molecule has 0 bridgehead atoms. The number of hydrogen-bond acceptors (Lipinski definition) is 4. The van der Waals surface area contributed by atoms with E-state index in [4.69, 9.17) is 0 Å². The number of aromatic nitrogens is 3. The molecule has 0 spiro atoms. The fourth-order valence-corrected chi connectivity index (χ4v) is 4.45. The molecule has 7 heteroatoms. The summed E-state index contributed by atoms with van der Waals surface area (Å²) in [4.78, 5) is 29.3. The van der Waals surface area contributed by atoms with Crippen LogP contribution < -0.4 is 5.69 Å². The van der Waals surface area contributed by atoms with Crippen molar-refractivity contribution in [1.82, 2.24) is 24.1 Å². The Hall–Kier alpha value is -1.63. The first-order valence-corrected chi connectivity index (χ1v) is 9.90. The second kappa shape index (κ2) is 7.32. The Kier molecular flexibility index (Phi) is 4.92. The number of rotatable bonds is 4. The molecule has 0 aromatic carbocycles. The highest BCUT2D eigenvalue weighted by molar-refractivity contribution is 5.79. The molecule has 3 aliphatic rings. The molecule has 138 valence electrons. The number of carbonyl (C=O) groups is 1. The summed E-state index contributed by atoms with van der Waals surface area (Å²) in [5, 5.41) is 4.51. The molecule has 1 saturated carbocycles. The van der Waals surface area contributed by atoms with Crippen LogP contribution in [-0.2, 0) is 24.3 Å². The summed E-state index contributed by atoms with van der Waals surface area (Å²) in [6.45, 7) is 5.75. The molecule has 1 aliphatic carbocycles. The zero-order chi connectivity index (χ0) is 17.2. The Morgan fingerprint density at radius 1 is 0.960 bits per heavy atom. The summed E-state index contributed by atoms with van der Waals surface area (Å²) in [6, 6.07) is 0. The van der Waals surface area contributed by atoms with Gasteiger partial charge in [0.1, 0.15) is 5.82 Å². The number of aryl methyl sites for hydroxylation is 1. The smallest absolute Gasteiger partial charge is 0.340 e. The molecule has 7 nitrogen and oxygen atoms in total. The molecular formula is C18H29N5O2. The molecular weight excluding hydrogens is 318 g/mol. The lowest BCUT2D eigenvalue weighted by Crippen LogP contribution is -2.50. The number of amides is 1. The molecule has 2 aliphatic heterocycles. The van der Waals surface area contributed by atoms with Crippen LogP contribution in [-0.4, -0.2) is 62.8 Å². The standard InChI is InChI=1S/C18H29N5O2/c24-17(15-5-1-2-6-15)21-12-9-20(10-13-21)11-14-23-18(25)22-8-4-3-7-16(22)19-23/h15H,1-14H2. The fourth-order valence-electron chi connectivity index (χ4n) is 4.45. The monoisotopic (exact) mass is 347 g/mol. The van der Waals surface area contributed by atoms with E-state index in [1.54, 1.807) is 4.68 Å². The van der Waals surface area contributed by atoms with E-state index in [0.29, 0.717) is 12.5 Å². The van der Waals surface area contributed by atoms with Crippen LogP contribution in [0.3, 0.4) is 0 Å². The second-order valence-electron chi connectivity index (χ2n) is 7.68. The van der Waals surface area contributed by atoms with Gasteiger partial charge in [0.05, 0.1) is 6.54 Å². The van der Waals surface area contributed by atoms with Crippen molar-refractivity contribution in [1.29, 1.82) is 0 Å². The molecule has 2 fully saturated rings. The lowest BCUT2D eigenvalue weighted by molar-refractivity contribution is -0.137.